The van der Waals surface area contributed by atoms with Crippen molar-refractivity contribution in [3.05, 3.63) is 23.9 Å². The number of piperazine rings is 1. The van der Waals surface area contributed by atoms with Gasteiger partial charge in [-0.05, 0) is 31.5 Å². The number of aromatic nitrogens is 1. The van der Waals surface area contributed by atoms with Crippen molar-refractivity contribution in [1.82, 2.24) is 9.88 Å². The summed E-state index contributed by atoms with van der Waals surface area (Å²) in [6.07, 6.45) is 5.03. The molecule has 0 unspecified atom stereocenters. The number of anilines is 1. The molecule has 1 aromatic heterocycles. The number of hydrogen-bond acceptors (Lipinski definition) is 6. The largest absolute Gasteiger partial charge is 0.381 e. The molecular formula is C16H25N3O3S. The highest BCUT2D eigenvalue weighted by molar-refractivity contribution is 7.89. The summed E-state index contributed by atoms with van der Waals surface area (Å²) >= 11 is 0. The van der Waals surface area contributed by atoms with Crippen LogP contribution in [0, 0.1) is 0 Å². The van der Waals surface area contributed by atoms with Gasteiger partial charge < -0.3 is 9.64 Å². The van der Waals surface area contributed by atoms with Crippen molar-refractivity contribution in [2.75, 3.05) is 51.1 Å². The molecule has 6 nitrogen and oxygen atoms in total. The van der Waals surface area contributed by atoms with E-state index in [9.17, 15) is 8.42 Å². The van der Waals surface area contributed by atoms with Crippen molar-refractivity contribution < 1.29 is 13.2 Å². The Hall–Kier alpha value is -1.18. The van der Waals surface area contributed by atoms with Crippen molar-refractivity contribution in [1.29, 1.82) is 0 Å². The lowest BCUT2D eigenvalue weighted by molar-refractivity contribution is -0.0221. The Balaban J connectivity index is 1.74. The van der Waals surface area contributed by atoms with Crippen LogP contribution in [-0.4, -0.2) is 70.0 Å². The molecule has 0 saturated carbocycles. The van der Waals surface area contributed by atoms with Crippen LogP contribution in [0.5, 0.6) is 0 Å². The predicted octanol–water partition coefficient (Wildman–Crippen LogP) is 0.927. The SMILES string of the molecule is CN1CCN(c2ccc(CS(C)(=O)=O)cn2)CC12CCOCC2. The van der Waals surface area contributed by atoms with E-state index in [-0.39, 0.29) is 11.3 Å². The molecule has 0 bridgehead atoms. The average molecular weight is 339 g/mol. The van der Waals surface area contributed by atoms with Crippen LogP contribution < -0.4 is 4.90 Å². The van der Waals surface area contributed by atoms with E-state index in [1.54, 1.807) is 6.20 Å². The number of ether oxygens (including phenoxy) is 1. The monoisotopic (exact) mass is 339 g/mol. The van der Waals surface area contributed by atoms with Crippen LogP contribution in [0.15, 0.2) is 18.3 Å². The summed E-state index contributed by atoms with van der Waals surface area (Å²) in [7, 11) is -0.819. The lowest BCUT2D eigenvalue weighted by atomic mass is 9.86. The fourth-order valence-electron chi connectivity index (χ4n) is 3.54. The Labute approximate surface area is 138 Å². The van der Waals surface area contributed by atoms with Crippen LogP contribution in [0.3, 0.4) is 0 Å². The van der Waals surface area contributed by atoms with E-state index < -0.39 is 9.84 Å². The summed E-state index contributed by atoms with van der Waals surface area (Å²) in [5, 5.41) is 0. The minimum absolute atomic E-state index is 0.0459. The quantitative estimate of drug-likeness (QED) is 0.816. The molecule has 3 heterocycles. The highest BCUT2D eigenvalue weighted by Crippen LogP contribution is 2.32. The van der Waals surface area contributed by atoms with Gasteiger partial charge in [-0.15, -0.1) is 0 Å². The van der Waals surface area contributed by atoms with E-state index in [1.807, 2.05) is 12.1 Å². The molecule has 2 saturated heterocycles. The van der Waals surface area contributed by atoms with E-state index in [2.05, 4.69) is 21.8 Å². The minimum atomic E-state index is -3.02. The first-order valence-electron chi connectivity index (χ1n) is 8.05. The Kier molecular flexibility index (Phi) is 4.62. The molecule has 0 N–H and O–H groups in total. The van der Waals surface area contributed by atoms with Crippen LogP contribution in [0.1, 0.15) is 18.4 Å². The Morgan fingerprint density at radius 1 is 1.26 bits per heavy atom. The summed E-state index contributed by atoms with van der Waals surface area (Å²) in [5.74, 6) is 0.978. The molecule has 1 spiro atoms. The molecule has 1 aromatic rings. The Morgan fingerprint density at radius 2 is 2.00 bits per heavy atom. The number of likely N-dealkylation sites (N-methyl/N-ethyl adjacent to an activating group) is 1. The van der Waals surface area contributed by atoms with Gasteiger partial charge in [0, 0.05) is 50.8 Å². The average Bonchev–Trinajstić information content (AvgIpc) is 2.50. The molecule has 23 heavy (non-hydrogen) atoms. The molecule has 0 aromatic carbocycles. The van der Waals surface area contributed by atoms with Gasteiger partial charge in [0.25, 0.3) is 0 Å². The molecule has 2 aliphatic heterocycles. The molecule has 3 rings (SSSR count). The van der Waals surface area contributed by atoms with E-state index in [0.717, 1.165) is 57.1 Å². The first kappa shape index (κ1) is 16.7. The molecule has 0 aliphatic carbocycles. The van der Waals surface area contributed by atoms with Gasteiger partial charge in [-0.3, -0.25) is 4.90 Å². The number of sulfone groups is 1. The van der Waals surface area contributed by atoms with Crippen molar-refractivity contribution in [3.8, 4) is 0 Å². The molecule has 7 heteroatoms. The van der Waals surface area contributed by atoms with Crippen molar-refractivity contribution in [2.45, 2.75) is 24.1 Å². The Bertz CT molecular complexity index is 639. The number of pyridine rings is 1. The third kappa shape index (κ3) is 3.84. The standard InChI is InChI=1S/C16H25N3O3S/c1-18-7-8-19(13-16(18)5-9-22-10-6-16)15-4-3-14(11-17-15)12-23(2,20)21/h3-4,11H,5-10,12-13H2,1-2H3. The molecule has 2 aliphatic rings. The summed E-state index contributed by atoms with van der Waals surface area (Å²) < 4.78 is 28.3. The maximum absolute atomic E-state index is 11.4. The second-order valence-corrected chi connectivity index (χ2v) is 8.91. The van der Waals surface area contributed by atoms with Crippen molar-refractivity contribution >= 4 is 15.7 Å². The van der Waals surface area contributed by atoms with E-state index >= 15 is 0 Å². The smallest absolute Gasteiger partial charge is 0.151 e. The highest BCUT2D eigenvalue weighted by atomic mass is 32.2. The lowest BCUT2D eigenvalue weighted by Gasteiger charge is -2.51. The van der Waals surface area contributed by atoms with E-state index in [4.69, 9.17) is 4.74 Å². The zero-order valence-corrected chi connectivity index (χ0v) is 14.7. The van der Waals surface area contributed by atoms with Gasteiger partial charge in [-0.2, -0.15) is 0 Å². The second kappa shape index (κ2) is 6.37. The zero-order chi connectivity index (χ0) is 16.5. The minimum Gasteiger partial charge on any atom is -0.381 e. The lowest BCUT2D eigenvalue weighted by Crippen LogP contribution is -2.63. The normalized spacial score (nSPS) is 22.4. The van der Waals surface area contributed by atoms with Gasteiger partial charge in [0.05, 0.1) is 5.75 Å². The van der Waals surface area contributed by atoms with Crippen LogP contribution in [-0.2, 0) is 20.3 Å². The molecule has 128 valence electrons. The van der Waals surface area contributed by atoms with Crippen LogP contribution in [0.25, 0.3) is 0 Å². The predicted molar refractivity (Wildman–Crippen MR) is 90.4 cm³/mol. The van der Waals surface area contributed by atoms with Crippen molar-refractivity contribution in [3.63, 3.8) is 0 Å². The van der Waals surface area contributed by atoms with E-state index in [1.165, 1.54) is 6.26 Å². The molecular weight excluding hydrogens is 314 g/mol. The maximum Gasteiger partial charge on any atom is 0.151 e. The van der Waals surface area contributed by atoms with Gasteiger partial charge in [0.1, 0.15) is 5.82 Å². The first-order chi connectivity index (χ1) is 10.9. The van der Waals surface area contributed by atoms with Crippen LogP contribution >= 0.6 is 0 Å². The van der Waals surface area contributed by atoms with Gasteiger partial charge >= 0.3 is 0 Å². The Morgan fingerprint density at radius 3 is 2.61 bits per heavy atom. The van der Waals surface area contributed by atoms with Crippen LogP contribution in [0.2, 0.25) is 0 Å². The molecule has 2 fully saturated rings. The van der Waals surface area contributed by atoms with Gasteiger partial charge in [-0.25, -0.2) is 13.4 Å². The number of nitrogens with zero attached hydrogens (tertiary/aromatic N) is 3. The topological polar surface area (TPSA) is 62.7 Å². The second-order valence-electron chi connectivity index (χ2n) is 6.77. The molecule has 0 amide bonds. The summed E-state index contributed by atoms with van der Waals surface area (Å²) in [5.41, 5.74) is 0.912. The first-order valence-corrected chi connectivity index (χ1v) is 10.1. The van der Waals surface area contributed by atoms with Gasteiger partial charge in [0.15, 0.2) is 9.84 Å². The zero-order valence-electron chi connectivity index (χ0n) is 13.9. The van der Waals surface area contributed by atoms with E-state index in [0.29, 0.717) is 0 Å². The number of rotatable bonds is 3. The third-order valence-corrected chi connectivity index (χ3v) is 5.84. The van der Waals surface area contributed by atoms with Crippen molar-refractivity contribution in [2.24, 2.45) is 0 Å². The van der Waals surface area contributed by atoms with Gasteiger partial charge in [-0.1, -0.05) is 6.07 Å². The molecule has 0 atom stereocenters. The number of hydrogen-bond donors (Lipinski definition) is 0. The molecule has 0 radical (unpaired) electrons. The highest BCUT2D eigenvalue weighted by Gasteiger charge is 2.41. The fraction of sp³-hybridized carbons (Fsp3) is 0.688. The van der Waals surface area contributed by atoms with Crippen LogP contribution in [0.4, 0.5) is 5.82 Å². The third-order valence-electron chi connectivity index (χ3n) is 4.99. The summed E-state index contributed by atoms with van der Waals surface area (Å²) in [4.78, 5) is 9.28. The summed E-state index contributed by atoms with van der Waals surface area (Å²) in [6.45, 7) is 4.54. The maximum atomic E-state index is 11.4. The summed E-state index contributed by atoms with van der Waals surface area (Å²) in [6, 6.07) is 3.82. The van der Waals surface area contributed by atoms with Gasteiger partial charge in [0.2, 0.25) is 0 Å². The fourth-order valence-corrected chi connectivity index (χ4v) is 4.32.